The van der Waals surface area contributed by atoms with E-state index in [0.717, 1.165) is 21.6 Å². The number of amides is 3. The highest BCUT2D eigenvalue weighted by Gasteiger charge is 2.34. The molecule has 2 aromatic rings. The van der Waals surface area contributed by atoms with Crippen LogP contribution in [-0.4, -0.2) is 79.6 Å². The van der Waals surface area contributed by atoms with Crippen molar-refractivity contribution in [3.63, 3.8) is 0 Å². The van der Waals surface area contributed by atoms with Crippen molar-refractivity contribution in [2.45, 2.75) is 25.3 Å². The van der Waals surface area contributed by atoms with Crippen molar-refractivity contribution in [1.29, 1.82) is 0 Å². The minimum absolute atomic E-state index is 0.150. The number of rotatable bonds is 3. The number of aromatic nitrogens is 1. The molecule has 12 heteroatoms. The van der Waals surface area contributed by atoms with Gasteiger partial charge < -0.3 is 20.9 Å². The van der Waals surface area contributed by atoms with Crippen LogP contribution in [0.4, 0.5) is 16.3 Å². The Balaban J connectivity index is 1.43. The standard InChI is InChI=1S/C21H27ClN6O4S/c1-33(31,32)28-7-3-2-4-16(20(28)29)25-21(30)27-10-8-26(9-11-27)18-13-19(23)24-17-12-14(22)5-6-15(17)18/h5-6,12-13,16H,2-4,7-11H2,1H3,(H2,23,24)(H,25,30). The first-order valence-electron chi connectivity index (χ1n) is 10.8. The summed E-state index contributed by atoms with van der Waals surface area (Å²) in [6, 6.07) is 6.08. The predicted octanol–water partition coefficient (Wildman–Crippen LogP) is 1.64. The van der Waals surface area contributed by atoms with Crippen molar-refractivity contribution < 1.29 is 18.0 Å². The number of nitrogens with zero attached hydrogens (tertiary/aromatic N) is 4. The Morgan fingerprint density at radius 3 is 2.58 bits per heavy atom. The topological polar surface area (TPSA) is 129 Å². The molecule has 2 fully saturated rings. The van der Waals surface area contributed by atoms with Crippen molar-refractivity contribution in [3.05, 3.63) is 29.3 Å². The molecule has 2 aliphatic heterocycles. The fraction of sp³-hybridized carbons (Fsp3) is 0.476. The number of carbonyl (C=O) groups excluding carboxylic acids is 2. The van der Waals surface area contributed by atoms with Crippen molar-refractivity contribution in [2.24, 2.45) is 0 Å². The number of halogens is 1. The molecule has 0 radical (unpaired) electrons. The highest BCUT2D eigenvalue weighted by atomic mass is 35.5. The molecule has 1 atom stereocenters. The van der Waals surface area contributed by atoms with Gasteiger partial charge in [0.05, 0.1) is 11.8 Å². The number of nitrogens with one attached hydrogen (secondary N) is 1. The van der Waals surface area contributed by atoms with Gasteiger partial charge in [-0.3, -0.25) is 4.79 Å². The molecule has 3 amide bonds. The molecule has 0 spiro atoms. The Bertz CT molecular complexity index is 1180. The maximum Gasteiger partial charge on any atom is 0.318 e. The smallest absolute Gasteiger partial charge is 0.318 e. The van der Waals surface area contributed by atoms with E-state index in [-0.39, 0.29) is 12.6 Å². The van der Waals surface area contributed by atoms with E-state index in [9.17, 15) is 18.0 Å². The summed E-state index contributed by atoms with van der Waals surface area (Å²) in [4.78, 5) is 33.7. The lowest BCUT2D eigenvalue weighted by Crippen LogP contribution is -2.56. The summed E-state index contributed by atoms with van der Waals surface area (Å²) in [5.74, 6) is -0.179. The third-order valence-corrected chi connectivity index (χ3v) is 7.42. The van der Waals surface area contributed by atoms with Gasteiger partial charge in [-0.25, -0.2) is 22.5 Å². The maximum absolute atomic E-state index is 12.9. The molecule has 1 aromatic heterocycles. The Labute approximate surface area is 197 Å². The van der Waals surface area contributed by atoms with Crippen LogP contribution in [0.3, 0.4) is 0 Å². The van der Waals surface area contributed by atoms with Gasteiger partial charge in [-0.2, -0.15) is 0 Å². The summed E-state index contributed by atoms with van der Waals surface area (Å²) in [6.07, 6.45) is 2.67. The van der Waals surface area contributed by atoms with Crippen LogP contribution in [0, 0.1) is 0 Å². The van der Waals surface area contributed by atoms with E-state index < -0.39 is 22.0 Å². The summed E-state index contributed by atoms with van der Waals surface area (Å²) < 4.78 is 24.8. The lowest BCUT2D eigenvalue weighted by atomic mass is 10.1. The van der Waals surface area contributed by atoms with Gasteiger partial charge in [-0.1, -0.05) is 11.6 Å². The van der Waals surface area contributed by atoms with E-state index in [0.29, 0.717) is 61.8 Å². The van der Waals surface area contributed by atoms with Gasteiger partial charge in [-0.15, -0.1) is 0 Å². The van der Waals surface area contributed by atoms with Gasteiger partial charge in [0.15, 0.2) is 0 Å². The van der Waals surface area contributed by atoms with E-state index in [4.69, 9.17) is 17.3 Å². The number of nitrogen functional groups attached to an aromatic ring is 1. The number of piperazine rings is 1. The Morgan fingerprint density at radius 1 is 1.15 bits per heavy atom. The number of anilines is 2. The number of hydrogen-bond acceptors (Lipinski definition) is 7. The van der Waals surface area contributed by atoms with Crippen molar-refractivity contribution in [2.75, 3.05) is 49.6 Å². The number of benzene rings is 1. The Morgan fingerprint density at radius 2 is 1.88 bits per heavy atom. The van der Waals surface area contributed by atoms with E-state index >= 15 is 0 Å². The Kier molecular flexibility index (Phi) is 6.53. The zero-order chi connectivity index (χ0) is 23.8. The molecular formula is C21H27ClN6O4S. The minimum atomic E-state index is -3.67. The van der Waals surface area contributed by atoms with Crippen LogP contribution in [0.2, 0.25) is 5.02 Å². The van der Waals surface area contributed by atoms with Gasteiger partial charge in [0.25, 0.3) is 5.91 Å². The zero-order valence-corrected chi connectivity index (χ0v) is 19.9. The highest BCUT2D eigenvalue weighted by molar-refractivity contribution is 7.88. The van der Waals surface area contributed by atoms with Crippen molar-refractivity contribution in [3.8, 4) is 0 Å². The number of sulfonamides is 1. The molecule has 4 rings (SSSR count). The molecule has 3 N–H and O–H groups in total. The fourth-order valence-electron chi connectivity index (χ4n) is 4.33. The van der Waals surface area contributed by atoms with Crippen LogP contribution in [0.25, 0.3) is 10.9 Å². The third-order valence-electron chi connectivity index (χ3n) is 6.02. The number of pyridine rings is 1. The molecule has 10 nitrogen and oxygen atoms in total. The predicted molar refractivity (Wildman–Crippen MR) is 128 cm³/mol. The SMILES string of the molecule is CS(=O)(=O)N1CCCCC(NC(=O)N2CCN(c3cc(N)nc4cc(Cl)ccc34)CC2)C1=O. The largest absolute Gasteiger partial charge is 0.384 e. The van der Waals surface area contributed by atoms with Crippen LogP contribution < -0.4 is 16.0 Å². The molecule has 1 aromatic carbocycles. The van der Waals surface area contributed by atoms with E-state index in [1.54, 1.807) is 17.0 Å². The fourth-order valence-corrected chi connectivity index (χ4v) is 5.41. The van der Waals surface area contributed by atoms with Gasteiger partial charge in [0, 0.05) is 54.9 Å². The normalized spacial score (nSPS) is 20.1. The van der Waals surface area contributed by atoms with Crippen LogP contribution in [0.1, 0.15) is 19.3 Å². The quantitative estimate of drug-likeness (QED) is 0.663. The van der Waals surface area contributed by atoms with Crippen molar-refractivity contribution >= 4 is 56.0 Å². The van der Waals surface area contributed by atoms with Gasteiger partial charge >= 0.3 is 6.03 Å². The molecule has 0 saturated carbocycles. The first-order valence-corrected chi connectivity index (χ1v) is 13.0. The molecule has 2 saturated heterocycles. The molecule has 178 valence electrons. The molecular weight excluding hydrogens is 468 g/mol. The monoisotopic (exact) mass is 494 g/mol. The number of hydrogen-bond donors (Lipinski definition) is 2. The highest BCUT2D eigenvalue weighted by Crippen LogP contribution is 2.30. The average Bonchev–Trinajstić information content (AvgIpc) is 2.94. The molecule has 1 unspecified atom stereocenters. The first kappa shape index (κ1) is 23.4. The first-order chi connectivity index (χ1) is 15.6. The van der Waals surface area contributed by atoms with Crippen LogP contribution in [-0.2, 0) is 14.8 Å². The number of carbonyl (C=O) groups is 2. The second-order valence-electron chi connectivity index (χ2n) is 8.37. The number of urea groups is 1. The lowest BCUT2D eigenvalue weighted by molar-refractivity contribution is -0.128. The molecule has 2 aliphatic rings. The minimum Gasteiger partial charge on any atom is -0.384 e. The third kappa shape index (κ3) is 5.09. The van der Waals surface area contributed by atoms with Crippen molar-refractivity contribution in [1.82, 2.24) is 19.5 Å². The van der Waals surface area contributed by atoms with Crippen LogP contribution in [0.5, 0.6) is 0 Å². The average molecular weight is 495 g/mol. The molecule has 0 bridgehead atoms. The lowest BCUT2D eigenvalue weighted by Gasteiger charge is -2.37. The van der Waals surface area contributed by atoms with Crippen LogP contribution >= 0.6 is 11.6 Å². The molecule has 0 aliphatic carbocycles. The molecule has 33 heavy (non-hydrogen) atoms. The number of nitrogens with two attached hydrogens (primary N) is 1. The van der Waals surface area contributed by atoms with Gasteiger partial charge in [-0.05, 0) is 37.5 Å². The zero-order valence-electron chi connectivity index (χ0n) is 18.3. The van der Waals surface area contributed by atoms with Crippen LogP contribution in [0.15, 0.2) is 24.3 Å². The van der Waals surface area contributed by atoms with Gasteiger partial charge in [0.1, 0.15) is 11.9 Å². The van der Waals surface area contributed by atoms with Gasteiger partial charge in [0.2, 0.25) is 10.0 Å². The second-order valence-corrected chi connectivity index (χ2v) is 10.7. The maximum atomic E-state index is 12.9. The van der Waals surface area contributed by atoms with E-state index in [1.165, 1.54) is 0 Å². The molecule has 3 heterocycles. The van der Waals surface area contributed by atoms with E-state index in [1.807, 2.05) is 12.1 Å². The van der Waals surface area contributed by atoms with E-state index in [2.05, 4.69) is 15.2 Å². The Hall–Kier alpha value is -2.79. The summed E-state index contributed by atoms with van der Waals surface area (Å²) in [5, 5.41) is 4.25. The second kappa shape index (κ2) is 9.22. The summed E-state index contributed by atoms with van der Waals surface area (Å²) in [7, 11) is -3.67. The number of fused-ring (bicyclic) bond motifs is 1. The summed E-state index contributed by atoms with van der Waals surface area (Å²) in [6.45, 7) is 2.18. The summed E-state index contributed by atoms with van der Waals surface area (Å²) in [5.41, 5.74) is 7.63. The summed E-state index contributed by atoms with van der Waals surface area (Å²) >= 11 is 6.09.